The molecule has 0 unspecified atom stereocenters. The van der Waals surface area contributed by atoms with Crippen molar-refractivity contribution in [3.8, 4) is 0 Å². The standard InChI is InChI=1S/C10H10Cl2O/c11-8-3-1-7(2-4-8)9-5-10(9,12)6-13/h1-4,9,13H,5-6H2/t9-,10+/m1/s1. The summed E-state index contributed by atoms with van der Waals surface area (Å²) >= 11 is 11.8. The highest BCUT2D eigenvalue weighted by Crippen LogP contribution is 2.56. The summed E-state index contributed by atoms with van der Waals surface area (Å²) in [5, 5.41) is 9.72. The highest BCUT2D eigenvalue weighted by atomic mass is 35.5. The minimum atomic E-state index is -0.409. The van der Waals surface area contributed by atoms with Crippen LogP contribution in [0.4, 0.5) is 0 Å². The third-order valence-electron chi connectivity index (χ3n) is 2.54. The summed E-state index contributed by atoms with van der Waals surface area (Å²) in [5.74, 6) is 0.288. The van der Waals surface area contributed by atoms with Crippen LogP contribution in [0.25, 0.3) is 0 Å². The first-order valence-electron chi connectivity index (χ1n) is 4.21. The Balaban J connectivity index is 2.16. The fourth-order valence-electron chi connectivity index (χ4n) is 1.57. The number of rotatable bonds is 2. The average Bonchev–Trinajstić information content (AvgIpc) is 2.81. The molecule has 0 saturated heterocycles. The number of aliphatic hydroxyl groups is 1. The Hall–Kier alpha value is -0.240. The largest absolute Gasteiger partial charge is 0.395 e. The second-order valence-corrected chi connectivity index (χ2v) is 4.69. The van der Waals surface area contributed by atoms with Crippen LogP contribution in [0.2, 0.25) is 5.02 Å². The van der Waals surface area contributed by atoms with E-state index in [4.69, 9.17) is 28.3 Å². The Labute approximate surface area is 87.3 Å². The van der Waals surface area contributed by atoms with Crippen LogP contribution in [0.1, 0.15) is 17.9 Å². The van der Waals surface area contributed by atoms with E-state index in [1.54, 1.807) is 0 Å². The molecule has 0 spiro atoms. The summed E-state index contributed by atoms with van der Waals surface area (Å²) < 4.78 is 0. The lowest BCUT2D eigenvalue weighted by atomic mass is 10.1. The predicted molar refractivity (Wildman–Crippen MR) is 54.5 cm³/mol. The second-order valence-electron chi connectivity index (χ2n) is 3.50. The highest BCUT2D eigenvalue weighted by molar-refractivity contribution is 6.30. The molecule has 0 aliphatic heterocycles. The Morgan fingerprint density at radius 1 is 1.38 bits per heavy atom. The molecule has 3 heteroatoms. The minimum Gasteiger partial charge on any atom is -0.395 e. The number of hydrogen-bond donors (Lipinski definition) is 1. The predicted octanol–water partition coefficient (Wildman–Crippen LogP) is 2.80. The fourth-order valence-corrected chi connectivity index (χ4v) is 1.97. The lowest BCUT2D eigenvalue weighted by molar-refractivity contribution is 0.284. The summed E-state index contributed by atoms with van der Waals surface area (Å²) in [7, 11) is 0. The zero-order chi connectivity index (χ0) is 9.47. The van der Waals surface area contributed by atoms with Crippen LogP contribution < -0.4 is 0 Å². The van der Waals surface area contributed by atoms with Crippen molar-refractivity contribution in [2.24, 2.45) is 0 Å². The van der Waals surface area contributed by atoms with Crippen LogP contribution in [-0.2, 0) is 0 Å². The van der Waals surface area contributed by atoms with Crippen LogP contribution >= 0.6 is 23.2 Å². The molecule has 0 radical (unpaired) electrons. The lowest BCUT2D eigenvalue weighted by Gasteiger charge is -2.04. The molecule has 1 aliphatic rings. The van der Waals surface area contributed by atoms with Gasteiger partial charge in [0.15, 0.2) is 0 Å². The van der Waals surface area contributed by atoms with Crippen molar-refractivity contribution in [1.82, 2.24) is 0 Å². The molecule has 1 N–H and O–H groups in total. The average molecular weight is 217 g/mol. The first-order chi connectivity index (χ1) is 6.15. The van der Waals surface area contributed by atoms with Crippen molar-refractivity contribution in [1.29, 1.82) is 0 Å². The van der Waals surface area contributed by atoms with Crippen molar-refractivity contribution in [2.45, 2.75) is 17.2 Å². The maximum atomic E-state index is 8.99. The van der Waals surface area contributed by atoms with Gasteiger partial charge in [-0.15, -0.1) is 11.6 Å². The maximum absolute atomic E-state index is 8.99. The van der Waals surface area contributed by atoms with Crippen molar-refractivity contribution in [3.63, 3.8) is 0 Å². The first kappa shape index (κ1) is 9.32. The van der Waals surface area contributed by atoms with E-state index in [2.05, 4.69) is 0 Å². The number of hydrogen-bond acceptors (Lipinski definition) is 1. The topological polar surface area (TPSA) is 20.2 Å². The van der Waals surface area contributed by atoms with Crippen molar-refractivity contribution in [2.75, 3.05) is 6.61 Å². The lowest BCUT2D eigenvalue weighted by Crippen LogP contribution is -2.07. The molecule has 2 rings (SSSR count). The third-order valence-corrected chi connectivity index (χ3v) is 3.33. The molecular formula is C10H10Cl2O. The van der Waals surface area contributed by atoms with Crippen LogP contribution in [0, 0.1) is 0 Å². The van der Waals surface area contributed by atoms with Crippen molar-refractivity contribution >= 4 is 23.2 Å². The van der Waals surface area contributed by atoms with Crippen LogP contribution in [0.5, 0.6) is 0 Å². The monoisotopic (exact) mass is 216 g/mol. The molecule has 0 amide bonds. The molecule has 1 fully saturated rings. The van der Waals surface area contributed by atoms with Gasteiger partial charge in [-0.1, -0.05) is 23.7 Å². The summed E-state index contributed by atoms with van der Waals surface area (Å²) in [5.41, 5.74) is 1.16. The maximum Gasteiger partial charge on any atom is 0.0752 e. The normalized spacial score (nSPS) is 31.8. The molecular weight excluding hydrogens is 207 g/mol. The summed E-state index contributed by atoms with van der Waals surface area (Å²) in [6.07, 6.45) is 0.854. The number of halogens is 2. The van der Waals surface area contributed by atoms with E-state index < -0.39 is 4.87 Å². The van der Waals surface area contributed by atoms with Gasteiger partial charge in [0.2, 0.25) is 0 Å². The zero-order valence-electron chi connectivity index (χ0n) is 7.00. The van der Waals surface area contributed by atoms with Gasteiger partial charge in [-0.05, 0) is 24.1 Å². The molecule has 1 saturated carbocycles. The van der Waals surface area contributed by atoms with Crippen LogP contribution in [-0.4, -0.2) is 16.6 Å². The van der Waals surface area contributed by atoms with E-state index in [0.717, 1.165) is 17.0 Å². The highest BCUT2D eigenvalue weighted by Gasteiger charge is 2.53. The molecule has 2 atom stereocenters. The van der Waals surface area contributed by atoms with Gasteiger partial charge in [0.1, 0.15) is 0 Å². The van der Waals surface area contributed by atoms with E-state index in [0.29, 0.717) is 0 Å². The quantitative estimate of drug-likeness (QED) is 0.755. The first-order valence-corrected chi connectivity index (χ1v) is 4.96. The zero-order valence-corrected chi connectivity index (χ0v) is 8.52. The smallest absolute Gasteiger partial charge is 0.0752 e. The number of aliphatic hydroxyl groups excluding tert-OH is 1. The molecule has 1 aromatic carbocycles. The molecule has 1 aliphatic carbocycles. The van der Waals surface area contributed by atoms with E-state index in [9.17, 15) is 0 Å². The molecule has 0 heterocycles. The Morgan fingerprint density at radius 3 is 2.46 bits per heavy atom. The minimum absolute atomic E-state index is 0.0435. The summed E-state index contributed by atoms with van der Waals surface area (Å²) in [6.45, 7) is 0.0435. The Kier molecular flexibility index (Phi) is 2.26. The van der Waals surface area contributed by atoms with E-state index in [1.165, 1.54) is 0 Å². The van der Waals surface area contributed by atoms with E-state index in [1.807, 2.05) is 24.3 Å². The van der Waals surface area contributed by atoms with Gasteiger partial charge in [0.05, 0.1) is 11.5 Å². The van der Waals surface area contributed by atoms with Gasteiger partial charge in [0, 0.05) is 10.9 Å². The molecule has 1 aromatic rings. The number of alkyl halides is 1. The van der Waals surface area contributed by atoms with Gasteiger partial charge in [-0.3, -0.25) is 0 Å². The molecule has 1 nitrogen and oxygen atoms in total. The van der Waals surface area contributed by atoms with Gasteiger partial charge < -0.3 is 5.11 Å². The molecule has 70 valence electrons. The van der Waals surface area contributed by atoms with Crippen LogP contribution in [0.15, 0.2) is 24.3 Å². The van der Waals surface area contributed by atoms with Crippen molar-refractivity contribution < 1.29 is 5.11 Å². The fraction of sp³-hybridized carbons (Fsp3) is 0.400. The van der Waals surface area contributed by atoms with Gasteiger partial charge >= 0.3 is 0 Å². The molecule has 0 aromatic heterocycles. The van der Waals surface area contributed by atoms with E-state index in [-0.39, 0.29) is 12.5 Å². The summed E-state index contributed by atoms with van der Waals surface area (Å²) in [6, 6.07) is 7.63. The van der Waals surface area contributed by atoms with Crippen LogP contribution in [0.3, 0.4) is 0 Å². The van der Waals surface area contributed by atoms with Gasteiger partial charge in [-0.2, -0.15) is 0 Å². The summed E-state index contributed by atoms with van der Waals surface area (Å²) in [4.78, 5) is -0.409. The second kappa shape index (κ2) is 3.16. The SMILES string of the molecule is OC[C@@]1(Cl)C[C@@H]1c1ccc(Cl)cc1. The van der Waals surface area contributed by atoms with Crippen molar-refractivity contribution in [3.05, 3.63) is 34.9 Å². The Morgan fingerprint density at radius 2 is 2.00 bits per heavy atom. The van der Waals surface area contributed by atoms with E-state index >= 15 is 0 Å². The molecule has 0 bridgehead atoms. The number of benzene rings is 1. The molecule has 13 heavy (non-hydrogen) atoms. The van der Waals surface area contributed by atoms with Gasteiger partial charge in [0.25, 0.3) is 0 Å². The Bertz CT molecular complexity index is 309. The van der Waals surface area contributed by atoms with Gasteiger partial charge in [-0.25, -0.2) is 0 Å². The third kappa shape index (κ3) is 1.69.